The third-order valence-corrected chi connectivity index (χ3v) is 2.79. The third-order valence-electron chi connectivity index (χ3n) is 2.38. The molecule has 1 rings (SSSR count). The van der Waals surface area contributed by atoms with Gasteiger partial charge < -0.3 is 10.6 Å². The fraction of sp³-hybridized carbons (Fsp3) is 0.417. The zero-order valence-corrected chi connectivity index (χ0v) is 10.6. The summed E-state index contributed by atoms with van der Waals surface area (Å²) in [7, 11) is 0. The Labute approximate surface area is 101 Å². The van der Waals surface area contributed by atoms with Crippen LogP contribution in [0.2, 0.25) is 5.02 Å². The molecule has 0 spiro atoms. The van der Waals surface area contributed by atoms with Gasteiger partial charge in [0, 0.05) is 17.3 Å². The van der Waals surface area contributed by atoms with Crippen LogP contribution in [-0.2, 0) is 4.79 Å². The molecule has 3 nitrogen and oxygen atoms in total. The largest absolute Gasteiger partial charge is 0.374 e. The SMILES string of the molecule is CCNC(=O)C(C)Nc1cccc(Cl)c1C. The van der Waals surface area contributed by atoms with Crippen LogP contribution in [-0.4, -0.2) is 18.5 Å². The van der Waals surface area contributed by atoms with E-state index in [1.165, 1.54) is 0 Å². The molecule has 0 saturated heterocycles. The normalized spacial score (nSPS) is 12.0. The minimum absolute atomic E-state index is 0.0122. The van der Waals surface area contributed by atoms with E-state index >= 15 is 0 Å². The van der Waals surface area contributed by atoms with E-state index in [-0.39, 0.29) is 11.9 Å². The molecule has 0 fully saturated rings. The Bertz CT molecular complexity index is 379. The van der Waals surface area contributed by atoms with Gasteiger partial charge in [-0.1, -0.05) is 17.7 Å². The van der Waals surface area contributed by atoms with E-state index in [1.807, 2.05) is 39.0 Å². The van der Waals surface area contributed by atoms with Crippen molar-refractivity contribution in [1.29, 1.82) is 0 Å². The van der Waals surface area contributed by atoms with Crippen molar-refractivity contribution in [1.82, 2.24) is 5.32 Å². The third kappa shape index (κ3) is 3.14. The van der Waals surface area contributed by atoms with E-state index in [4.69, 9.17) is 11.6 Å². The van der Waals surface area contributed by atoms with Crippen molar-refractivity contribution < 1.29 is 4.79 Å². The summed E-state index contributed by atoms with van der Waals surface area (Å²) in [5.74, 6) is -0.0122. The molecule has 1 atom stereocenters. The molecule has 0 aliphatic rings. The van der Waals surface area contributed by atoms with Gasteiger partial charge in [0.05, 0.1) is 0 Å². The lowest BCUT2D eigenvalue weighted by atomic mass is 10.2. The van der Waals surface area contributed by atoms with Crippen LogP contribution in [0.25, 0.3) is 0 Å². The van der Waals surface area contributed by atoms with Gasteiger partial charge in [0.1, 0.15) is 6.04 Å². The van der Waals surface area contributed by atoms with Crippen molar-refractivity contribution in [3.05, 3.63) is 28.8 Å². The minimum atomic E-state index is -0.267. The van der Waals surface area contributed by atoms with Gasteiger partial charge in [-0.25, -0.2) is 0 Å². The second kappa shape index (κ2) is 5.75. The fourth-order valence-corrected chi connectivity index (χ4v) is 1.56. The van der Waals surface area contributed by atoms with Gasteiger partial charge in [0.25, 0.3) is 0 Å². The average Bonchev–Trinajstić information content (AvgIpc) is 2.25. The average molecular weight is 241 g/mol. The van der Waals surface area contributed by atoms with Crippen molar-refractivity contribution in [2.75, 3.05) is 11.9 Å². The number of likely N-dealkylation sites (N-methyl/N-ethyl adjacent to an activating group) is 1. The Morgan fingerprint density at radius 1 is 1.50 bits per heavy atom. The Morgan fingerprint density at radius 3 is 2.81 bits per heavy atom. The van der Waals surface area contributed by atoms with Crippen molar-refractivity contribution in [2.45, 2.75) is 26.8 Å². The van der Waals surface area contributed by atoms with E-state index in [0.717, 1.165) is 11.3 Å². The number of rotatable bonds is 4. The first-order chi connectivity index (χ1) is 7.56. The molecule has 88 valence electrons. The fourth-order valence-electron chi connectivity index (χ4n) is 1.39. The summed E-state index contributed by atoms with van der Waals surface area (Å²) in [6, 6.07) is 5.34. The zero-order chi connectivity index (χ0) is 12.1. The molecule has 0 aromatic heterocycles. The minimum Gasteiger partial charge on any atom is -0.374 e. The first-order valence-electron chi connectivity index (χ1n) is 5.35. The van der Waals surface area contributed by atoms with E-state index in [1.54, 1.807) is 0 Å². The van der Waals surface area contributed by atoms with Crippen LogP contribution in [0.1, 0.15) is 19.4 Å². The molecule has 0 heterocycles. The lowest BCUT2D eigenvalue weighted by Gasteiger charge is -2.16. The standard InChI is InChI=1S/C12H17ClN2O/c1-4-14-12(16)9(3)15-11-7-5-6-10(13)8(11)2/h5-7,9,15H,4H2,1-3H3,(H,14,16). The van der Waals surface area contributed by atoms with Gasteiger partial charge in [-0.3, -0.25) is 4.79 Å². The van der Waals surface area contributed by atoms with Crippen LogP contribution >= 0.6 is 11.6 Å². The van der Waals surface area contributed by atoms with Crippen molar-refractivity contribution in [3.8, 4) is 0 Å². The molecule has 1 aromatic carbocycles. The summed E-state index contributed by atoms with van der Waals surface area (Å²) < 4.78 is 0. The van der Waals surface area contributed by atoms with Gasteiger partial charge >= 0.3 is 0 Å². The van der Waals surface area contributed by atoms with Crippen molar-refractivity contribution in [3.63, 3.8) is 0 Å². The number of anilines is 1. The summed E-state index contributed by atoms with van der Waals surface area (Å²) in [5, 5.41) is 6.61. The van der Waals surface area contributed by atoms with Crippen molar-refractivity contribution >= 4 is 23.2 Å². The highest BCUT2D eigenvalue weighted by molar-refractivity contribution is 6.31. The van der Waals surface area contributed by atoms with Gasteiger partial charge in [-0.05, 0) is 38.5 Å². The molecular weight excluding hydrogens is 224 g/mol. The van der Waals surface area contributed by atoms with Crippen LogP contribution < -0.4 is 10.6 Å². The lowest BCUT2D eigenvalue weighted by molar-refractivity contribution is -0.121. The summed E-state index contributed by atoms with van der Waals surface area (Å²) in [4.78, 5) is 11.5. The Balaban J connectivity index is 2.73. The molecule has 0 aliphatic carbocycles. The second-order valence-corrected chi connectivity index (χ2v) is 4.08. The van der Waals surface area contributed by atoms with Gasteiger partial charge in [-0.15, -0.1) is 0 Å². The number of amides is 1. The molecule has 0 bridgehead atoms. The van der Waals surface area contributed by atoms with Gasteiger partial charge in [0.15, 0.2) is 0 Å². The monoisotopic (exact) mass is 240 g/mol. The molecular formula is C12H17ClN2O. The maximum Gasteiger partial charge on any atom is 0.242 e. The maximum atomic E-state index is 11.5. The summed E-state index contributed by atoms with van der Waals surface area (Å²) in [5.41, 5.74) is 1.85. The molecule has 4 heteroatoms. The number of benzene rings is 1. The predicted molar refractivity (Wildman–Crippen MR) is 68.0 cm³/mol. The van der Waals surface area contributed by atoms with Crippen LogP contribution in [0.5, 0.6) is 0 Å². The van der Waals surface area contributed by atoms with E-state index < -0.39 is 0 Å². The van der Waals surface area contributed by atoms with Gasteiger partial charge in [0.2, 0.25) is 5.91 Å². The topological polar surface area (TPSA) is 41.1 Å². The smallest absolute Gasteiger partial charge is 0.242 e. The number of nitrogens with one attached hydrogen (secondary N) is 2. The van der Waals surface area contributed by atoms with Crippen LogP contribution in [0.15, 0.2) is 18.2 Å². The molecule has 1 unspecified atom stereocenters. The van der Waals surface area contributed by atoms with Crippen LogP contribution in [0.4, 0.5) is 5.69 Å². The molecule has 1 aromatic rings. The zero-order valence-electron chi connectivity index (χ0n) is 9.80. The van der Waals surface area contributed by atoms with Gasteiger partial charge in [-0.2, -0.15) is 0 Å². The number of hydrogen-bond acceptors (Lipinski definition) is 2. The second-order valence-electron chi connectivity index (χ2n) is 3.67. The lowest BCUT2D eigenvalue weighted by Crippen LogP contribution is -2.37. The first-order valence-corrected chi connectivity index (χ1v) is 5.73. The molecule has 2 N–H and O–H groups in total. The molecule has 16 heavy (non-hydrogen) atoms. The molecule has 1 amide bonds. The Morgan fingerprint density at radius 2 is 2.19 bits per heavy atom. The molecule has 0 radical (unpaired) electrons. The highest BCUT2D eigenvalue weighted by Crippen LogP contribution is 2.23. The van der Waals surface area contributed by atoms with E-state index in [2.05, 4.69) is 10.6 Å². The van der Waals surface area contributed by atoms with Crippen molar-refractivity contribution in [2.24, 2.45) is 0 Å². The maximum absolute atomic E-state index is 11.5. The summed E-state index contributed by atoms with van der Waals surface area (Å²) in [6.45, 7) is 6.29. The number of hydrogen-bond donors (Lipinski definition) is 2. The van der Waals surface area contributed by atoms with E-state index in [9.17, 15) is 4.79 Å². The predicted octanol–water partition coefficient (Wildman–Crippen LogP) is 2.58. The number of carbonyl (C=O) groups is 1. The Hall–Kier alpha value is -1.22. The Kier molecular flexibility index (Phi) is 4.62. The van der Waals surface area contributed by atoms with Crippen LogP contribution in [0, 0.1) is 6.92 Å². The number of carbonyl (C=O) groups excluding carboxylic acids is 1. The van der Waals surface area contributed by atoms with Crippen LogP contribution in [0.3, 0.4) is 0 Å². The highest BCUT2D eigenvalue weighted by Gasteiger charge is 2.12. The highest BCUT2D eigenvalue weighted by atomic mass is 35.5. The van der Waals surface area contributed by atoms with E-state index in [0.29, 0.717) is 11.6 Å². The summed E-state index contributed by atoms with van der Waals surface area (Å²) in [6.07, 6.45) is 0. The molecule has 0 saturated carbocycles. The molecule has 0 aliphatic heterocycles. The number of halogens is 1. The summed E-state index contributed by atoms with van der Waals surface area (Å²) >= 11 is 6.00. The first kappa shape index (κ1) is 12.8. The quantitative estimate of drug-likeness (QED) is 0.850.